The fraction of sp³-hybridized carbons (Fsp3) is 0.353. The van der Waals surface area contributed by atoms with Crippen LogP contribution in [0.5, 0.6) is 11.5 Å². The minimum Gasteiger partial charge on any atom is -0.496 e. The van der Waals surface area contributed by atoms with Gasteiger partial charge in [-0.05, 0) is 18.2 Å². The Morgan fingerprint density at radius 2 is 2.08 bits per heavy atom. The van der Waals surface area contributed by atoms with Crippen molar-refractivity contribution in [1.29, 1.82) is 0 Å². The van der Waals surface area contributed by atoms with Gasteiger partial charge >= 0.3 is 0 Å². The Balaban J connectivity index is 1.86. The van der Waals surface area contributed by atoms with Crippen molar-refractivity contribution in [3.63, 3.8) is 0 Å². The number of β-amino-alcohol motifs (C(OH)–C–C–N with tert-alkyl or cyclic N) is 1. The second-order valence-electron chi connectivity index (χ2n) is 5.71. The fourth-order valence-electron chi connectivity index (χ4n) is 3.08. The summed E-state index contributed by atoms with van der Waals surface area (Å²) >= 11 is 1.49. The number of aliphatic hydroxyl groups excluding tert-OH is 1. The molecule has 0 saturated heterocycles. The van der Waals surface area contributed by atoms with Gasteiger partial charge in [0.25, 0.3) is 0 Å². The summed E-state index contributed by atoms with van der Waals surface area (Å²) in [5.41, 5.74) is 7.54. The average molecular weight is 348 g/mol. The van der Waals surface area contributed by atoms with E-state index < -0.39 is 12.0 Å². The van der Waals surface area contributed by atoms with E-state index in [0.29, 0.717) is 30.9 Å². The number of hydrogen-bond acceptors (Lipinski definition) is 6. The van der Waals surface area contributed by atoms with Gasteiger partial charge in [-0.3, -0.25) is 9.69 Å². The highest BCUT2D eigenvalue weighted by atomic mass is 32.1. The number of nitrogens with two attached hydrogens (primary N) is 1. The molecular weight excluding hydrogens is 328 g/mol. The number of carbonyl (C=O) groups is 1. The number of ether oxygens (including phenoxy) is 2. The summed E-state index contributed by atoms with van der Waals surface area (Å²) < 4.78 is 10.8. The molecule has 1 atom stereocenters. The van der Waals surface area contributed by atoms with Crippen molar-refractivity contribution >= 4 is 17.2 Å². The van der Waals surface area contributed by atoms with Crippen LogP contribution in [0, 0.1) is 0 Å². The predicted octanol–water partition coefficient (Wildman–Crippen LogP) is 1.91. The first-order valence-electron chi connectivity index (χ1n) is 7.54. The molecule has 3 rings (SSSR count). The lowest BCUT2D eigenvalue weighted by Crippen LogP contribution is -2.33. The van der Waals surface area contributed by atoms with Gasteiger partial charge in [0.2, 0.25) is 5.91 Å². The Labute approximate surface area is 144 Å². The van der Waals surface area contributed by atoms with Gasteiger partial charge in [-0.15, -0.1) is 11.3 Å². The number of thiophene rings is 1. The molecule has 0 unspecified atom stereocenters. The van der Waals surface area contributed by atoms with Crippen molar-refractivity contribution in [2.45, 2.75) is 19.2 Å². The van der Waals surface area contributed by atoms with Crippen molar-refractivity contribution in [2.24, 2.45) is 5.73 Å². The van der Waals surface area contributed by atoms with Crippen LogP contribution in [0.3, 0.4) is 0 Å². The van der Waals surface area contributed by atoms with E-state index in [0.717, 1.165) is 21.8 Å². The Morgan fingerprint density at radius 3 is 2.71 bits per heavy atom. The number of carbonyl (C=O) groups excluding carboxylic acids is 1. The monoisotopic (exact) mass is 348 g/mol. The van der Waals surface area contributed by atoms with Crippen molar-refractivity contribution in [1.82, 2.24) is 4.90 Å². The number of aliphatic hydroxyl groups is 1. The van der Waals surface area contributed by atoms with E-state index in [1.54, 1.807) is 25.7 Å². The van der Waals surface area contributed by atoms with Gasteiger partial charge in [0, 0.05) is 41.0 Å². The molecule has 1 aromatic heterocycles. The van der Waals surface area contributed by atoms with Gasteiger partial charge < -0.3 is 20.3 Å². The topological polar surface area (TPSA) is 85.0 Å². The SMILES string of the molecule is COc1ccc(OC)c2c1CN(Cc1cc(C(N)=O)cs1)C[C@@H]2O. The number of hydrogen-bond donors (Lipinski definition) is 2. The standard InChI is InChI=1S/C17H20N2O4S/c1-22-14-3-4-15(23-2)16-12(14)7-19(8-13(16)20)6-11-5-10(9-24-11)17(18)21/h3-5,9,13,20H,6-8H2,1-2H3,(H2,18,21)/t13-/m0/s1. The first-order chi connectivity index (χ1) is 11.5. The molecule has 3 N–H and O–H groups in total. The van der Waals surface area contributed by atoms with E-state index in [4.69, 9.17) is 15.2 Å². The van der Waals surface area contributed by atoms with Crippen LogP contribution in [0.15, 0.2) is 23.6 Å². The molecule has 0 spiro atoms. The summed E-state index contributed by atoms with van der Waals surface area (Å²) in [7, 11) is 3.21. The molecule has 0 radical (unpaired) electrons. The lowest BCUT2D eigenvalue weighted by molar-refractivity contribution is 0.0848. The zero-order valence-corrected chi connectivity index (χ0v) is 14.4. The van der Waals surface area contributed by atoms with Gasteiger partial charge in [0.15, 0.2) is 0 Å². The number of primary amides is 1. The first-order valence-corrected chi connectivity index (χ1v) is 8.42. The van der Waals surface area contributed by atoms with E-state index in [9.17, 15) is 9.90 Å². The quantitative estimate of drug-likeness (QED) is 0.862. The summed E-state index contributed by atoms with van der Waals surface area (Å²) in [6, 6.07) is 5.47. The van der Waals surface area contributed by atoms with Crippen LogP contribution in [0.2, 0.25) is 0 Å². The highest BCUT2D eigenvalue weighted by Crippen LogP contribution is 2.39. The molecule has 0 bridgehead atoms. The van der Waals surface area contributed by atoms with Gasteiger partial charge in [0.05, 0.1) is 25.9 Å². The third kappa shape index (κ3) is 3.10. The molecule has 6 nitrogen and oxygen atoms in total. The van der Waals surface area contributed by atoms with Crippen molar-refractivity contribution in [2.75, 3.05) is 20.8 Å². The third-order valence-electron chi connectivity index (χ3n) is 4.18. The van der Waals surface area contributed by atoms with E-state index in [-0.39, 0.29) is 0 Å². The molecule has 1 aliphatic heterocycles. The lowest BCUT2D eigenvalue weighted by atomic mass is 9.95. The molecule has 128 valence electrons. The number of methoxy groups -OCH3 is 2. The highest BCUT2D eigenvalue weighted by molar-refractivity contribution is 7.10. The number of benzene rings is 1. The summed E-state index contributed by atoms with van der Waals surface area (Å²) in [5, 5.41) is 12.3. The van der Waals surface area contributed by atoms with Gasteiger partial charge in [0.1, 0.15) is 11.5 Å². The smallest absolute Gasteiger partial charge is 0.249 e. The normalized spacial score (nSPS) is 17.4. The average Bonchev–Trinajstić information content (AvgIpc) is 3.02. The van der Waals surface area contributed by atoms with Crippen LogP contribution in [-0.4, -0.2) is 36.7 Å². The Bertz CT molecular complexity index is 759. The summed E-state index contributed by atoms with van der Waals surface area (Å²) in [5.74, 6) is 0.983. The lowest BCUT2D eigenvalue weighted by Gasteiger charge is -2.33. The van der Waals surface area contributed by atoms with Crippen molar-refractivity contribution < 1.29 is 19.4 Å². The van der Waals surface area contributed by atoms with Crippen molar-refractivity contribution in [3.8, 4) is 11.5 Å². The molecule has 1 aliphatic rings. The van der Waals surface area contributed by atoms with Crippen molar-refractivity contribution in [3.05, 3.63) is 45.1 Å². The fourth-order valence-corrected chi connectivity index (χ4v) is 3.99. The Hall–Kier alpha value is -2.09. The third-order valence-corrected chi connectivity index (χ3v) is 5.10. The van der Waals surface area contributed by atoms with Crippen LogP contribution in [0.1, 0.15) is 32.5 Å². The molecule has 0 aliphatic carbocycles. The maximum absolute atomic E-state index is 11.2. The van der Waals surface area contributed by atoms with Crippen LogP contribution >= 0.6 is 11.3 Å². The molecule has 24 heavy (non-hydrogen) atoms. The number of amides is 1. The molecule has 2 aromatic rings. The van der Waals surface area contributed by atoms with Crippen LogP contribution in [0.4, 0.5) is 0 Å². The molecule has 2 heterocycles. The zero-order chi connectivity index (χ0) is 17.3. The van der Waals surface area contributed by atoms with Gasteiger partial charge in [-0.25, -0.2) is 0 Å². The minimum atomic E-state index is -0.658. The Morgan fingerprint density at radius 1 is 1.38 bits per heavy atom. The van der Waals surface area contributed by atoms with E-state index >= 15 is 0 Å². The molecule has 1 amide bonds. The van der Waals surface area contributed by atoms with E-state index in [1.165, 1.54) is 11.3 Å². The van der Waals surface area contributed by atoms with E-state index in [2.05, 4.69) is 4.90 Å². The number of rotatable bonds is 5. The molecule has 7 heteroatoms. The largest absolute Gasteiger partial charge is 0.496 e. The summed E-state index contributed by atoms with van der Waals surface area (Å²) in [4.78, 5) is 14.4. The molecule has 1 aromatic carbocycles. The second kappa shape index (κ2) is 6.80. The molecule has 0 fully saturated rings. The number of nitrogens with zero attached hydrogens (tertiary/aromatic N) is 1. The zero-order valence-electron chi connectivity index (χ0n) is 13.6. The van der Waals surface area contributed by atoms with Crippen LogP contribution in [-0.2, 0) is 13.1 Å². The van der Waals surface area contributed by atoms with Gasteiger partial charge in [-0.1, -0.05) is 0 Å². The van der Waals surface area contributed by atoms with Crippen LogP contribution < -0.4 is 15.2 Å². The van der Waals surface area contributed by atoms with Crippen LogP contribution in [0.25, 0.3) is 0 Å². The predicted molar refractivity (Wildman–Crippen MR) is 91.5 cm³/mol. The molecule has 0 saturated carbocycles. The molecular formula is C17H20N2O4S. The minimum absolute atomic E-state index is 0.423. The number of fused-ring (bicyclic) bond motifs is 1. The summed E-state index contributed by atoms with van der Waals surface area (Å²) in [6.07, 6.45) is -0.658. The maximum atomic E-state index is 11.2. The maximum Gasteiger partial charge on any atom is 0.249 e. The highest BCUT2D eigenvalue weighted by Gasteiger charge is 2.29. The Kier molecular flexibility index (Phi) is 4.75. The van der Waals surface area contributed by atoms with E-state index in [1.807, 2.05) is 12.1 Å². The van der Waals surface area contributed by atoms with Gasteiger partial charge in [-0.2, -0.15) is 0 Å². The first kappa shape index (κ1) is 16.8. The summed E-state index contributed by atoms with van der Waals surface area (Å²) in [6.45, 7) is 1.76. The second-order valence-corrected chi connectivity index (χ2v) is 6.71.